The molecule has 1 atom stereocenters. The van der Waals surface area contributed by atoms with Gasteiger partial charge in [-0.2, -0.15) is 0 Å². The van der Waals surface area contributed by atoms with Gasteiger partial charge in [-0.15, -0.1) is 0 Å². The average Bonchev–Trinajstić information content (AvgIpc) is 2.45. The number of carbonyl (C=O) groups excluding carboxylic acids is 1. The normalized spacial score (nSPS) is 17.8. The van der Waals surface area contributed by atoms with Crippen molar-refractivity contribution in [2.45, 2.75) is 32.7 Å². The van der Waals surface area contributed by atoms with Crippen LogP contribution in [0.4, 0.5) is 5.69 Å². The number of nitrogens with two attached hydrogens (primary N) is 1. The van der Waals surface area contributed by atoms with Crippen LogP contribution in [-0.2, 0) is 9.53 Å². The molecule has 1 unspecified atom stereocenters. The molecule has 0 aromatic heterocycles. The van der Waals surface area contributed by atoms with E-state index in [0.717, 1.165) is 29.7 Å². The van der Waals surface area contributed by atoms with Crippen molar-refractivity contribution in [2.75, 3.05) is 25.2 Å². The number of benzene rings is 1. The summed E-state index contributed by atoms with van der Waals surface area (Å²) in [5.41, 5.74) is 9.38. The van der Waals surface area contributed by atoms with E-state index in [4.69, 9.17) is 10.5 Å². The van der Waals surface area contributed by atoms with Gasteiger partial charge in [-0.3, -0.25) is 4.79 Å². The number of amides is 1. The van der Waals surface area contributed by atoms with Gasteiger partial charge in [0.2, 0.25) is 5.91 Å². The van der Waals surface area contributed by atoms with E-state index in [-0.39, 0.29) is 11.8 Å². The van der Waals surface area contributed by atoms with Crippen LogP contribution < -0.4 is 10.6 Å². The van der Waals surface area contributed by atoms with Crippen molar-refractivity contribution in [1.82, 2.24) is 0 Å². The third-order valence-corrected chi connectivity index (χ3v) is 3.98. The van der Waals surface area contributed by atoms with Gasteiger partial charge in [0.25, 0.3) is 0 Å². The van der Waals surface area contributed by atoms with Crippen LogP contribution in [0, 0.1) is 19.8 Å². The molecule has 1 aromatic carbocycles. The lowest BCUT2D eigenvalue weighted by atomic mass is 9.91. The van der Waals surface area contributed by atoms with Gasteiger partial charge in [0.05, 0.1) is 6.04 Å². The van der Waals surface area contributed by atoms with Crippen LogP contribution in [0.1, 0.15) is 24.0 Å². The van der Waals surface area contributed by atoms with Gasteiger partial charge in [0, 0.05) is 25.9 Å². The Kier molecular flexibility index (Phi) is 4.78. The van der Waals surface area contributed by atoms with E-state index in [0.29, 0.717) is 13.2 Å². The van der Waals surface area contributed by atoms with Crippen molar-refractivity contribution in [1.29, 1.82) is 0 Å². The second-order valence-corrected chi connectivity index (χ2v) is 5.72. The van der Waals surface area contributed by atoms with Crippen molar-refractivity contribution >= 4 is 11.6 Å². The quantitative estimate of drug-likeness (QED) is 0.919. The molecule has 1 aliphatic rings. The summed E-state index contributed by atoms with van der Waals surface area (Å²) < 4.78 is 5.33. The third kappa shape index (κ3) is 3.38. The Labute approximate surface area is 120 Å². The molecule has 1 heterocycles. The fourth-order valence-corrected chi connectivity index (χ4v) is 2.77. The fraction of sp³-hybridized carbons (Fsp3) is 0.562. The van der Waals surface area contributed by atoms with Crippen molar-refractivity contribution in [3.63, 3.8) is 0 Å². The zero-order chi connectivity index (χ0) is 14.7. The first-order valence-corrected chi connectivity index (χ1v) is 7.18. The fourth-order valence-electron chi connectivity index (χ4n) is 2.77. The van der Waals surface area contributed by atoms with E-state index >= 15 is 0 Å². The summed E-state index contributed by atoms with van der Waals surface area (Å²) in [5, 5.41) is 0. The maximum absolute atomic E-state index is 12.5. The van der Waals surface area contributed by atoms with Crippen molar-refractivity contribution in [3.8, 4) is 0 Å². The first-order valence-electron chi connectivity index (χ1n) is 7.18. The molecule has 4 heteroatoms. The van der Waals surface area contributed by atoms with Crippen molar-refractivity contribution in [3.05, 3.63) is 29.3 Å². The summed E-state index contributed by atoms with van der Waals surface area (Å²) in [5.74, 6) is 0.214. The lowest BCUT2D eigenvalue weighted by Crippen LogP contribution is -2.48. The van der Waals surface area contributed by atoms with Crippen LogP contribution >= 0.6 is 0 Å². The summed E-state index contributed by atoms with van der Waals surface area (Å²) in [7, 11) is 1.80. The molecule has 0 aliphatic carbocycles. The SMILES string of the molecule is Cc1cc(C)cc(N(C)C(=O)C(N)C2CCOCC2)c1. The highest BCUT2D eigenvalue weighted by atomic mass is 16.5. The molecule has 1 saturated heterocycles. The molecule has 1 aromatic rings. The van der Waals surface area contributed by atoms with E-state index in [2.05, 4.69) is 6.07 Å². The molecule has 1 fully saturated rings. The van der Waals surface area contributed by atoms with Crippen LogP contribution in [0.2, 0.25) is 0 Å². The number of aryl methyl sites for hydroxylation is 2. The highest BCUT2D eigenvalue weighted by Gasteiger charge is 2.29. The van der Waals surface area contributed by atoms with Crippen LogP contribution in [0.3, 0.4) is 0 Å². The lowest BCUT2D eigenvalue weighted by molar-refractivity contribution is -0.121. The molecule has 0 radical (unpaired) electrons. The van der Waals surface area contributed by atoms with Gasteiger partial charge in [-0.1, -0.05) is 6.07 Å². The summed E-state index contributed by atoms with van der Waals surface area (Å²) >= 11 is 0. The van der Waals surface area contributed by atoms with Gasteiger partial charge in [-0.25, -0.2) is 0 Å². The minimum absolute atomic E-state index is 0.0121. The Balaban J connectivity index is 2.10. The number of anilines is 1. The molecule has 1 amide bonds. The molecule has 2 N–H and O–H groups in total. The smallest absolute Gasteiger partial charge is 0.243 e. The van der Waals surface area contributed by atoms with Crippen molar-refractivity contribution < 1.29 is 9.53 Å². The molecule has 0 saturated carbocycles. The second-order valence-electron chi connectivity index (χ2n) is 5.72. The summed E-state index contributed by atoms with van der Waals surface area (Å²) in [4.78, 5) is 14.2. The van der Waals surface area contributed by atoms with Crippen molar-refractivity contribution in [2.24, 2.45) is 11.7 Å². The number of nitrogens with zero attached hydrogens (tertiary/aromatic N) is 1. The van der Waals surface area contributed by atoms with E-state index in [1.165, 1.54) is 0 Å². The summed E-state index contributed by atoms with van der Waals surface area (Å²) in [6.45, 7) is 5.48. The summed E-state index contributed by atoms with van der Waals surface area (Å²) in [6, 6.07) is 5.69. The standard InChI is InChI=1S/C16H24N2O2/c1-11-8-12(2)10-14(9-11)18(3)16(19)15(17)13-4-6-20-7-5-13/h8-10,13,15H,4-7,17H2,1-3H3. The van der Waals surface area contributed by atoms with Gasteiger partial charge in [-0.05, 0) is 55.9 Å². The Morgan fingerprint density at radius 1 is 1.25 bits per heavy atom. The molecule has 2 rings (SSSR count). The van der Waals surface area contributed by atoms with Crippen LogP contribution in [-0.4, -0.2) is 32.2 Å². The van der Waals surface area contributed by atoms with E-state index in [1.807, 2.05) is 26.0 Å². The number of rotatable bonds is 3. The lowest BCUT2D eigenvalue weighted by Gasteiger charge is -2.30. The minimum Gasteiger partial charge on any atom is -0.381 e. The predicted octanol–water partition coefficient (Wildman–Crippen LogP) is 2.02. The van der Waals surface area contributed by atoms with Crippen LogP contribution in [0.25, 0.3) is 0 Å². The Morgan fingerprint density at radius 3 is 2.35 bits per heavy atom. The monoisotopic (exact) mass is 276 g/mol. The van der Waals surface area contributed by atoms with Gasteiger partial charge in [0.15, 0.2) is 0 Å². The number of hydrogen-bond acceptors (Lipinski definition) is 3. The van der Waals surface area contributed by atoms with E-state index in [1.54, 1.807) is 11.9 Å². The Morgan fingerprint density at radius 2 is 1.80 bits per heavy atom. The van der Waals surface area contributed by atoms with Crippen LogP contribution in [0.15, 0.2) is 18.2 Å². The minimum atomic E-state index is -0.440. The van der Waals surface area contributed by atoms with E-state index < -0.39 is 6.04 Å². The zero-order valence-corrected chi connectivity index (χ0v) is 12.6. The largest absolute Gasteiger partial charge is 0.381 e. The number of carbonyl (C=O) groups is 1. The number of hydrogen-bond donors (Lipinski definition) is 1. The molecular weight excluding hydrogens is 252 g/mol. The average molecular weight is 276 g/mol. The molecule has 110 valence electrons. The predicted molar refractivity (Wildman–Crippen MR) is 80.8 cm³/mol. The second kappa shape index (κ2) is 6.37. The third-order valence-electron chi connectivity index (χ3n) is 3.98. The van der Waals surface area contributed by atoms with Crippen LogP contribution in [0.5, 0.6) is 0 Å². The first-order chi connectivity index (χ1) is 9.49. The summed E-state index contributed by atoms with van der Waals surface area (Å²) in [6.07, 6.45) is 1.74. The molecule has 20 heavy (non-hydrogen) atoms. The topological polar surface area (TPSA) is 55.6 Å². The maximum atomic E-state index is 12.5. The van der Waals surface area contributed by atoms with Gasteiger partial charge < -0.3 is 15.4 Å². The number of likely N-dealkylation sites (N-methyl/N-ethyl adjacent to an activating group) is 1. The van der Waals surface area contributed by atoms with E-state index in [9.17, 15) is 4.79 Å². The van der Waals surface area contributed by atoms with Gasteiger partial charge in [0.1, 0.15) is 0 Å². The highest BCUT2D eigenvalue weighted by molar-refractivity contribution is 5.96. The molecular formula is C16H24N2O2. The Bertz CT molecular complexity index is 461. The maximum Gasteiger partial charge on any atom is 0.243 e. The molecule has 4 nitrogen and oxygen atoms in total. The highest BCUT2D eigenvalue weighted by Crippen LogP contribution is 2.22. The first kappa shape index (κ1) is 15.0. The molecule has 1 aliphatic heterocycles. The number of ether oxygens (including phenoxy) is 1. The van der Waals surface area contributed by atoms with Gasteiger partial charge >= 0.3 is 0 Å². The Hall–Kier alpha value is -1.39. The molecule has 0 bridgehead atoms. The molecule has 0 spiro atoms. The zero-order valence-electron chi connectivity index (χ0n) is 12.6.